The molecule has 0 aliphatic rings. The van der Waals surface area contributed by atoms with E-state index in [1.54, 1.807) is 0 Å². The zero-order chi connectivity index (χ0) is 6.41. The summed E-state index contributed by atoms with van der Waals surface area (Å²) < 4.78 is 0. The Morgan fingerprint density at radius 3 is 2.75 bits per heavy atom. The maximum atomic E-state index is 3.42. The van der Waals surface area contributed by atoms with Gasteiger partial charge >= 0.3 is 0 Å². The van der Waals surface area contributed by atoms with Crippen LogP contribution in [0.5, 0.6) is 0 Å². The monoisotopic (exact) mass is 118 g/mol. The number of nitrogens with zero attached hydrogens (tertiary/aromatic N) is 1. The van der Waals surface area contributed by atoms with Crippen molar-refractivity contribution < 1.29 is 5.84 Å². The summed E-state index contributed by atoms with van der Waals surface area (Å²) in [6.45, 7) is 5.09. The number of hydrogen-bond acceptors (Lipinski definition) is 4. The lowest BCUT2D eigenvalue weighted by molar-refractivity contribution is -0.453. The molecule has 5 heteroatoms. The van der Waals surface area contributed by atoms with E-state index in [0.29, 0.717) is 0 Å². The second-order valence-corrected chi connectivity index (χ2v) is 1.34. The van der Waals surface area contributed by atoms with E-state index in [2.05, 4.69) is 34.0 Å². The van der Waals surface area contributed by atoms with E-state index >= 15 is 0 Å². The van der Waals surface area contributed by atoms with Crippen molar-refractivity contribution in [3.8, 4) is 0 Å². The molecule has 8 heavy (non-hydrogen) atoms. The highest BCUT2D eigenvalue weighted by atomic mass is 15.6. The van der Waals surface area contributed by atoms with Gasteiger partial charge in [-0.25, -0.2) is 5.53 Å². The van der Waals surface area contributed by atoms with Gasteiger partial charge in [0.25, 0.3) is 0 Å². The third-order valence-corrected chi connectivity index (χ3v) is 0.666. The molecule has 48 valence electrons. The zero-order valence-electron chi connectivity index (χ0n) is 4.94. The van der Waals surface area contributed by atoms with Crippen molar-refractivity contribution in [2.24, 2.45) is 5.10 Å². The van der Waals surface area contributed by atoms with Crippen molar-refractivity contribution in [2.75, 3.05) is 0 Å². The van der Waals surface area contributed by atoms with Gasteiger partial charge in [-0.15, -0.1) is 0 Å². The zero-order valence-corrected chi connectivity index (χ0v) is 4.94. The molecule has 0 aromatic heterocycles. The third kappa shape index (κ3) is 3.54. The standard InChI is InChI=1S/C3H11N5/c1-3(6-4)7-8-5-2/h3,6-8H,2,4H2,1H3/p+1. The quantitative estimate of drug-likeness (QED) is 0.192. The molecule has 0 fully saturated rings. The smallest absolute Gasteiger partial charge is 0.120 e. The molecular weight excluding hydrogens is 106 g/mol. The van der Waals surface area contributed by atoms with Gasteiger partial charge in [0, 0.05) is 6.72 Å². The topological polar surface area (TPSA) is 76.1 Å². The SMILES string of the molecule is C=NNNC(C)N[NH3+]. The molecule has 1 unspecified atom stereocenters. The average Bonchev–Trinajstić information content (AvgIpc) is 1.83. The Balaban J connectivity index is 2.97. The first-order chi connectivity index (χ1) is 3.81. The number of nitrogens with one attached hydrogen (secondary N) is 3. The Bertz CT molecular complexity index is 62.7. The fourth-order valence-corrected chi connectivity index (χ4v) is 0.193. The summed E-state index contributed by atoms with van der Waals surface area (Å²) in [4.78, 5) is 0. The third-order valence-electron chi connectivity index (χ3n) is 0.666. The van der Waals surface area contributed by atoms with Gasteiger partial charge in [-0.2, -0.15) is 16.0 Å². The molecule has 0 heterocycles. The summed E-state index contributed by atoms with van der Waals surface area (Å²) >= 11 is 0. The van der Waals surface area contributed by atoms with Crippen LogP contribution in [0.1, 0.15) is 6.92 Å². The predicted octanol–water partition coefficient (Wildman–Crippen LogP) is -2.21. The minimum atomic E-state index is 0.0977. The van der Waals surface area contributed by atoms with Crippen LogP contribution in [0.2, 0.25) is 0 Å². The van der Waals surface area contributed by atoms with Crippen LogP contribution in [-0.4, -0.2) is 12.9 Å². The van der Waals surface area contributed by atoms with Crippen molar-refractivity contribution in [2.45, 2.75) is 13.1 Å². The second-order valence-electron chi connectivity index (χ2n) is 1.34. The van der Waals surface area contributed by atoms with Gasteiger partial charge in [-0.1, -0.05) is 0 Å². The number of hydrazone groups is 1. The summed E-state index contributed by atoms with van der Waals surface area (Å²) in [5, 5.41) is 3.34. The number of quaternary nitrogens is 1. The van der Waals surface area contributed by atoms with Crippen LogP contribution in [0.25, 0.3) is 0 Å². The molecular formula is C3H12N5+. The van der Waals surface area contributed by atoms with E-state index in [9.17, 15) is 0 Å². The highest BCUT2D eigenvalue weighted by Crippen LogP contribution is 1.60. The summed E-state index contributed by atoms with van der Waals surface area (Å²) in [7, 11) is 0. The van der Waals surface area contributed by atoms with Gasteiger partial charge in [0.05, 0.1) is 0 Å². The maximum absolute atomic E-state index is 3.42. The molecule has 0 aromatic carbocycles. The molecule has 0 bridgehead atoms. The normalized spacial score (nSPS) is 12.8. The Labute approximate surface area is 48.3 Å². The van der Waals surface area contributed by atoms with Crippen LogP contribution < -0.4 is 22.2 Å². The van der Waals surface area contributed by atoms with E-state index in [4.69, 9.17) is 0 Å². The Morgan fingerprint density at radius 1 is 1.75 bits per heavy atom. The molecule has 0 saturated heterocycles. The number of hydrazine groups is 1. The van der Waals surface area contributed by atoms with Gasteiger partial charge in [-0.05, 0) is 6.92 Å². The average molecular weight is 118 g/mol. The van der Waals surface area contributed by atoms with Crippen molar-refractivity contribution in [3.05, 3.63) is 0 Å². The van der Waals surface area contributed by atoms with Crippen molar-refractivity contribution >= 4 is 6.72 Å². The first-order valence-corrected chi connectivity index (χ1v) is 2.30. The van der Waals surface area contributed by atoms with Crippen LogP contribution in [0, 0.1) is 0 Å². The van der Waals surface area contributed by atoms with Crippen molar-refractivity contribution in [1.82, 2.24) is 16.4 Å². The highest BCUT2D eigenvalue weighted by Gasteiger charge is 1.92. The lowest BCUT2D eigenvalue weighted by Gasteiger charge is -2.07. The molecule has 0 rings (SSSR count). The van der Waals surface area contributed by atoms with E-state index in [-0.39, 0.29) is 6.17 Å². The van der Waals surface area contributed by atoms with Gasteiger partial charge in [0.1, 0.15) is 6.17 Å². The summed E-state index contributed by atoms with van der Waals surface area (Å²) in [5.41, 5.74) is 7.88. The lowest BCUT2D eigenvalue weighted by atomic mass is 10.6. The fourth-order valence-electron chi connectivity index (χ4n) is 0.193. The second kappa shape index (κ2) is 4.51. The van der Waals surface area contributed by atoms with E-state index in [0.717, 1.165) is 0 Å². The molecule has 1 atom stereocenters. The van der Waals surface area contributed by atoms with E-state index in [1.807, 2.05) is 6.92 Å². The summed E-state index contributed by atoms with van der Waals surface area (Å²) in [6.07, 6.45) is 0.0977. The minimum Gasteiger partial charge on any atom is -0.279 e. The van der Waals surface area contributed by atoms with Crippen molar-refractivity contribution in [3.63, 3.8) is 0 Å². The van der Waals surface area contributed by atoms with E-state index < -0.39 is 0 Å². The van der Waals surface area contributed by atoms with Gasteiger partial charge in [0.15, 0.2) is 0 Å². The Morgan fingerprint density at radius 2 is 2.38 bits per heavy atom. The molecule has 0 aliphatic heterocycles. The first-order valence-electron chi connectivity index (χ1n) is 2.30. The number of hydrogen-bond donors (Lipinski definition) is 4. The predicted molar refractivity (Wildman–Crippen MR) is 31.3 cm³/mol. The number of rotatable bonds is 4. The molecule has 0 radical (unpaired) electrons. The molecule has 0 aliphatic carbocycles. The van der Waals surface area contributed by atoms with Crippen LogP contribution >= 0.6 is 0 Å². The van der Waals surface area contributed by atoms with Crippen molar-refractivity contribution in [1.29, 1.82) is 0 Å². The minimum absolute atomic E-state index is 0.0977. The first kappa shape index (κ1) is 7.35. The Hall–Kier alpha value is -0.650. The van der Waals surface area contributed by atoms with Crippen LogP contribution in [0.3, 0.4) is 0 Å². The molecule has 0 saturated carbocycles. The Kier molecular flexibility index (Phi) is 4.14. The van der Waals surface area contributed by atoms with Crippen LogP contribution in [0.15, 0.2) is 5.10 Å². The maximum Gasteiger partial charge on any atom is 0.120 e. The van der Waals surface area contributed by atoms with Crippen LogP contribution in [0.4, 0.5) is 0 Å². The van der Waals surface area contributed by atoms with E-state index in [1.165, 1.54) is 0 Å². The molecule has 5 nitrogen and oxygen atoms in total. The van der Waals surface area contributed by atoms with Gasteiger partial charge in [0.2, 0.25) is 0 Å². The fraction of sp³-hybridized carbons (Fsp3) is 0.667. The highest BCUT2D eigenvalue weighted by molar-refractivity contribution is 5.22. The molecule has 0 aromatic rings. The van der Waals surface area contributed by atoms with Gasteiger partial charge < -0.3 is 0 Å². The van der Waals surface area contributed by atoms with Gasteiger partial charge in [-0.3, -0.25) is 5.84 Å². The van der Waals surface area contributed by atoms with Crippen LogP contribution in [-0.2, 0) is 0 Å². The summed E-state index contributed by atoms with van der Waals surface area (Å²) in [6, 6.07) is 0. The largest absolute Gasteiger partial charge is 0.279 e. The molecule has 6 N–H and O–H groups in total. The molecule has 0 spiro atoms. The lowest BCUT2D eigenvalue weighted by Crippen LogP contribution is -2.71. The molecule has 0 amide bonds. The summed E-state index contributed by atoms with van der Waals surface area (Å²) in [5.74, 6) is 3.42.